The summed E-state index contributed by atoms with van der Waals surface area (Å²) in [6.45, 7) is 1.90. The molecule has 1 rings (SSSR count). The van der Waals surface area contributed by atoms with Gasteiger partial charge in [-0.1, -0.05) is 6.92 Å². The lowest BCUT2D eigenvalue weighted by Gasteiger charge is -1.95. The van der Waals surface area contributed by atoms with E-state index in [9.17, 15) is 4.79 Å². The Hall–Kier alpha value is -0.280. The molecular weight excluding hydrogens is 176 g/mol. The first kappa shape index (κ1) is 8.81. The summed E-state index contributed by atoms with van der Waals surface area (Å²) in [5.41, 5.74) is 0. The molecule has 0 unspecified atom stereocenters. The summed E-state index contributed by atoms with van der Waals surface area (Å²) in [7, 11) is 0. The first-order chi connectivity index (χ1) is 5.29. The second kappa shape index (κ2) is 3.93. The van der Waals surface area contributed by atoms with Crippen LogP contribution in [-0.2, 0) is 0 Å². The van der Waals surface area contributed by atoms with Gasteiger partial charge in [0.15, 0.2) is 5.78 Å². The number of thioether (sulfide) groups is 1. The summed E-state index contributed by atoms with van der Waals surface area (Å²) in [6, 6.07) is 2.00. The van der Waals surface area contributed by atoms with Gasteiger partial charge in [-0.25, -0.2) is 0 Å². The minimum Gasteiger partial charge on any atom is -0.293 e. The number of hydrogen-bond acceptors (Lipinski definition) is 3. The zero-order valence-electron chi connectivity index (χ0n) is 6.59. The molecule has 0 fully saturated rings. The van der Waals surface area contributed by atoms with Crippen molar-refractivity contribution in [2.45, 2.75) is 18.2 Å². The van der Waals surface area contributed by atoms with E-state index < -0.39 is 0 Å². The molecule has 0 aliphatic rings. The molecule has 0 radical (unpaired) electrons. The van der Waals surface area contributed by atoms with Gasteiger partial charge < -0.3 is 0 Å². The third-order valence-corrected chi connectivity index (χ3v) is 3.29. The molecule has 0 aromatic carbocycles. The SMILES string of the molecule is CCC(=O)c1sccc1SC. The van der Waals surface area contributed by atoms with Crippen LogP contribution in [0.3, 0.4) is 0 Å². The van der Waals surface area contributed by atoms with E-state index in [0.717, 1.165) is 9.77 Å². The lowest BCUT2D eigenvalue weighted by molar-refractivity contribution is 0.0989. The molecule has 1 nitrogen and oxygen atoms in total. The van der Waals surface area contributed by atoms with Crippen molar-refractivity contribution in [1.82, 2.24) is 0 Å². The van der Waals surface area contributed by atoms with Crippen molar-refractivity contribution in [2.75, 3.05) is 6.26 Å². The van der Waals surface area contributed by atoms with E-state index >= 15 is 0 Å². The number of Topliss-reactive ketones (excluding diaryl/α,β-unsaturated/α-hetero) is 1. The number of thiophene rings is 1. The summed E-state index contributed by atoms with van der Waals surface area (Å²) in [4.78, 5) is 13.3. The van der Waals surface area contributed by atoms with Gasteiger partial charge >= 0.3 is 0 Å². The van der Waals surface area contributed by atoms with E-state index in [1.165, 1.54) is 11.3 Å². The average Bonchev–Trinajstić information content (AvgIpc) is 2.50. The van der Waals surface area contributed by atoms with Crippen molar-refractivity contribution >= 4 is 28.9 Å². The Morgan fingerprint density at radius 1 is 1.73 bits per heavy atom. The topological polar surface area (TPSA) is 17.1 Å². The fourth-order valence-electron chi connectivity index (χ4n) is 0.822. The van der Waals surface area contributed by atoms with E-state index in [-0.39, 0.29) is 5.78 Å². The van der Waals surface area contributed by atoms with Crippen LogP contribution < -0.4 is 0 Å². The number of rotatable bonds is 3. The molecule has 0 amide bonds. The number of hydrogen-bond donors (Lipinski definition) is 0. The van der Waals surface area contributed by atoms with E-state index in [2.05, 4.69) is 0 Å². The summed E-state index contributed by atoms with van der Waals surface area (Å²) >= 11 is 3.17. The molecule has 0 saturated heterocycles. The molecule has 11 heavy (non-hydrogen) atoms. The van der Waals surface area contributed by atoms with Crippen LogP contribution in [0.15, 0.2) is 16.3 Å². The van der Waals surface area contributed by atoms with Crippen LogP contribution >= 0.6 is 23.1 Å². The van der Waals surface area contributed by atoms with Crippen LogP contribution in [0.5, 0.6) is 0 Å². The number of carbonyl (C=O) groups excluding carboxylic acids is 1. The van der Waals surface area contributed by atoms with E-state index in [0.29, 0.717) is 6.42 Å². The van der Waals surface area contributed by atoms with Crippen molar-refractivity contribution in [1.29, 1.82) is 0 Å². The smallest absolute Gasteiger partial charge is 0.173 e. The van der Waals surface area contributed by atoms with E-state index in [4.69, 9.17) is 0 Å². The molecule has 0 aliphatic carbocycles. The lowest BCUT2D eigenvalue weighted by Crippen LogP contribution is -1.93. The maximum atomic E-state index is 11.3. The van der Waals surface area contributed by atoms with Gasteiger partial charge in [-0.15, -0.1) is 23.1 Å². The van der Waals surface area contributed by atoms with Crippen LogP contribution in [0.25, 0.3) is 0 Å². The second-order valence-corrected chi connectivity index (χ2v) is 3.86. The van der Waals surface area contributed by atoms with Gasteiger partial charge in [0.25, 0.3) is 0 Å². The molecule has 0 aliphatic heterocycles. The van der Waals surface area contributed by atoms with Crippen molar-refractivity contribution in [3.8, 4) is 0 Å². The van der Waals surface area contributed by atoms with Gasteiger partial charge in [-0.2, -0.15) is 0 Å². The van der Waals surface area contributed by atoms with Gasteiger partial charge in [0, 0.05) is 11.3 Å². The highest BCUT2D eigenvalue weighted by atomic mass is 32.2. The normalized spacial score (nSPS) is 10.0. The fourth-order valence-corrected chi connectivity index (χ4v) is 2.61. The molecule has 0 spiro atoms. The summed E-state index contributed by atoms with van der Waals surface area (Å²) in [5, 5.41) is 1.97. The lowest BCUT2D eigenvalue weighted by atomic mass is 10.3. The molecule has 1 heterocycles. The van der Waals surface area contributed by atoms with Crippen molar-refractivity contribution in [3.05, 3.63) is 16.3 Å². The fraction of sp³-hybridized carbons (Fsp3) is 0.375. The number of carbonyl (C=O) groups is 1. The minimum atomic E-state index is 0.254. The molecular formula is C8H10OS2. The predicted octanol–water partition coefficient (Wildman–Crippen LogP) is 3.06. The molecule has 0 atom stereocenters. The highest BCUT2D eigenvalue weighted by Gasteiger charge is 2.09. The number of ketones is 1. The first-order valence-electron chi connectivity index (χ1n) is 3.44. The largest absolute Gasteiger partial charge is 0.293 e. The Bertz CT molecular complexity index is 252. The summed E-state index contributed by atoms with van der Waals surface area (Å²) in [5.74, 6) is 0.254. The molecule has 0 saturated carbocycles. The third kappa shape index (κ3) is 1.84. The van der Waals surface area contributed by atoms with Crippen molar-refractivity contribution in [3.63, 3.8) is 0 Å². The Morgan fingerprint density at radius 3 is 3.00 bits per heavy atom. The van der Waals surface area contributed by atoms with Crippen LogP contribution in [-0.4, -0.2) is 12.0 Å². The Morgan fingerprint density at radius 2 is 2.45 bits per heavy atom. The van der Waals surface area contributed by atoms with Gasteiger partial charge in [0.05, 0.1) is 4.88 Å². The first-order valence-corrected chi connectivity index (χ1v) is 5.54. The highest BCUT2D eigenvalue weighted by molar-refractivity contribution is 7.98. The molecule has 60 valence electrons. The van der Waals surface area contributed by atoms with Crippen LogP contribution in [0.1, 0.15) is 23.0 Å². The van der Waals surface area contributed by atoms with Gasteiger partial charge in [0.1, 0.15) is 0 Å². The minimum absolute atomic E-state index is 0.254. The van der Waals surface area contributed by atoms with Gasteiger partial charge in [-0.3, -0.25) is 4.79 Å². The predicted molar refractivity (Wildman–Crippen MR) is 50.7 cm³/mol. The third-order valence-electron chi connectivity index (χ3n) is 1.42. The van der Waals surface area contributed by atoms with Crippen molar-refractivity contribution in [2.24, 2.45) is 0 Å². The Labute approximate surface area is 74.8 Å². The quantitative estimate of drug-likeness (QED) is 0.533. The molecule has 1 aromatic heterocycles. The van der Waals surface area contributed by atoms with Gasteiger partial charge in [-0.05, 0) is 17.7 Å². The van der Waals surface area contributed by atoms with E-state index in [1.54, 1.807) is 11.8 Å². The Kier molecular flexibility index (Phi) is 3.15. The summed E-state index contributed by atoms with van der Waals surface area (Å²) < 4.78 is 0. The molecule has 1 aromatic rings. The molecule has 0 bridgehead atoms. The zero-order valence-corrected chi connectivity index (χ0v) is 8.22. The standard InChI is InChI=1S/C8H10OS2/c1-3-6(9)8-7(10-2)4-5-11-8/h4-5H,3H2,1-2H3. The molecule has 3 heteroatoms. The maximum Gasteiger partial charge on any atom is 0.173 e. The second-order valence-electron chi connectivity index (χ2n) is 2.09. The van der Waals surface area contributed by atoms with E-state index in [1.807, 2.05) is 24.6 Å². The Balaban J connectivity index is 2.92. The molecule has 0 N–H and O–H groups in total. The average molecular weight is 186 g/mol. The zero-order chi connectivity index (χ0) is 8.27. The maximum absolute atomic E-state index is 11.3. The van der Waals surface area contributed by atoms with Crippen LogP contribution in [0.4, 0.5) is 0 Å². The van der Waals surface area contributed by atoms with Crippen molar-refractivity contribution < 1.29 is 4.79 Å². The summed E-state index contributed by atoms with van der Waals surface area (Å²) in [6.07, 6.45) is 2.60. The highest BCUT2D eigenvalue weighted by Crippen LogP contribution is 2.26. The van der Waals surface area contributed by atoms with Gasteiger partial charge in [0.2, 0.25) is 0 Å². The van der Waals surface area contributed by atoms with Crippen LogP contribution in [0, 0.1) is 0 Å². The van der Waals surface area contributed by atoms with Crippen LogP contribution in [0.2, 0.25) is 0 Å². The monoisotopic (exact) mass is 186 g/mol.